The van der Waals surface area contributed by atoms with Crippen molar-refractivity contribution in [3.05, 3.63) is 43.4 Å². The molecule has 1 aromatic carbocycles. The van der Waals surface area contributed by atoms with Gasteiger partial charge in [0.2, 0.25) is 0 Å². The van der Waals surface area contributed by atoms with E-state index in [1.807, 2.05) is 32.0 Å². The summed E-state index contributed by atoms with van der Waals surface area (Å²) in [7, 11) is 0. The molecule has 1 aromatic heterocycles. The van der Waals surface area contributed by atoms with Crippen LogP contribution in [0.2, 0.25) is 5.15 Å². The summed E-state index contributed by atoms with van der Waals surface area (Å²) in [5.41, 5.74) is 2.85. The molecule has 0 unspecified atom stereocenters. The third kappa shape index (κ3) is 2.84. The molecular formula is C12H10Br2ClN3. The normalized spacial score (nSPS) is 10.5. The number of hydrogen-bond donors (Lipinski definition) is 1. The molecule has 0 saturated carbocycles. The number of anilines is 2. The van der Waals surface area contributed by atoms with Gasteiger partial charge in [0, 0.05) is 8.95 Å². The highest BCUT2D eigenvalue weighted by atomic mass is 79.9. The van der Waals surface area contributed by atoms with Crippen molar-refractivity contribution in [1.29, 1.82) is 0 Å². The summed E-state index contributed by atoms with van der Waals surface area (Å²) in [4.78, 5) is 0. The summed E-state index contributed by atoms with van der Waals surface area (Å²) < 4.78 is 1.96. The Morgan fingerprint density at radius 2 is 1.83 bits per heavy atom. The fourth-order valence-corrected chi connectivity index (χ4v) is 2.74. The number of benzene rings is 1. The summed E-state index contributed by atoms with van der Waals surface area (Å²) in [6.07, 6.45) is 0. The van der Waals surface area contributed by atoms with Crippen LogP contribution in [0.4, 0.5) is 11.5 Å². The summed E-state index contributed by atoms with van der Waals surface area (Å²) in [6, 6.07) is 5.88. The van der Waals surface area contributed by atoms with Crippen molar-refractivity contribution in [2.45, 2.75) is 13.8 Å². The van der Waals surface area contributed by atoms with E-state index < -0.39 is 0 Å². The minimum absolute atomic E-state index is 0.438. The van der Waals surface area contributed by atoms with E-state index in [2.05, 4.69) is 47.4 Å². The molecule has 6 heteroatoms. The zero-order valence-electron chi connectivity index (χ0n) is 9.76. The van der Waals surface area contributed by atoms with Crippen molar-refractivity contribution < 1.29 is 0 Å². The lowest BCUT2D eigenvalue weighted by atomic mass is 10.2. The van der Waals surface area contributed by atoms with Crippen molar-refractivity contribution in [2.24, 2.45) is 0 Å². The van der Waals surface area contributed by atoms with Gasteiger partial charge < -0.3 is 5.32 Å². The Morgan fingerprint density at radius 1 is 1.11 bits per heavy atom. The number of nitrogens with zero attached hydrogens (tertiary/aromatic N) is 2. The van der Waals surface area contributed by atoms with Crippen LogP contribution >= 0.6 is 43.5 Å². The standard InChI is InChI=1S/C12H10Br2ClN3/c1-6-7(2)12(18-17-11(6)15)16-10-4-3-8(13)5-9(10)14/h3-5H,1-2H3,(H,16,18). The average Bonchev–Trinajstić information content (AvgIpc) is 2.33. The van der Waals surface area contributed by atoms with Crippen molar-refractivity contribution in [2.75, 3.05) is 5.32 Å². The van der Waals surface area contributed by atoms with Crippen molar-refractivity contribution >= 4 is 55.0 Å². The second-order valence-electron chi connectivity index (χ2n) is 3.84. The molecule has 0 spiro atoms. The monoisotopic (exact) mass is 389 g/mol. The van der Waals surface area contributed by atoms with Crippen LogP contribution in [0.15, 0.2) is 27.1 Å². The first kappa shape index (κ1) is 13.8. The van der Waals surface area contributed by atoms with Gasteiger partial charge in [-0.1, -0.05) is 27.5 Å². The van der Waals surface area contributed by atoms with Gasteiger partial charge in [0.15, 0.2) is 11.0 Å². The Kier molecular flexibility index (Phi) is 4.25. The Hall–Kier alpha value is -0.650. The molecule has 18 heavy (non-hydrogen) atoms. The molecule has 1 heterocycles. The van der Waals surface area contributed by atoms with Crippen LogP contribution in [0.1, 0.15) is 11.1 Å². The number of halogens is 3. The van der Waals surface area contributed by atoms with Gasteiger partial charge in [-0.15, -0.1) is 10.2 Å². The number of hydrogen-bond acceptors (Lipinski definition) is 3. The maximum Gasteiger partial charge on any atom is 0.156 e. The number of nitrogens with one attached hydrogen (secondary N) is 1. The topological polar surface area (TPSA) is 37.8 Å². The Labute approximate surface area is 127 Å². The van der Waals surface area contributed by atoms with Gasteiger partial charge in [-0.25, -0.2) is 0 Å². The molecular weight excluding hydrogens is 381 g/mol. The molecule has 0 aliphatic heterocycles. The lowest BCUT2D eigenvalue weighted by Gasteiger charge is -2.11. The third-order valence-corrected chi connectivity index (χ3v) is 4.16. The van der Waals surface area contributed by atoms with Crippen LogP contribution in [0.3, 0.4) is 0 Å². The van der Waals surface area contributed by atoms with E-state index in [1.165, 1.54) is 0 Å². The summed E-state index contributed by atoms with van der Waals surface area (Å²) in [6.45, 7) is 3.89. The SMILES string of the molecule is Cc1c(Cl)nnc(Nc2ccc(Br)cc2Br)c1C. The fourth-order valence-electron chi connectivity index (χ4n) is 1.41. The molecule has 0 amide bonds. The summed E-state index contributed by atoms with van der Waals surface area (Å²) in [5.74, 6) is 0.708. The maximum absolute atomic E-state index is 5.92. The van der Waals surface area contributed by atoms with Crippen LogP contribution in [-0.2, 0) is 0 Å². The van der Waals surface area contributed by atoms with E-state index >= 15 is 0 Å². The fraction of sp³-hybridized carbons (Fsp3) is 0.167. The first-order valence-electron chi connectivity index (χ1n) is 5.20. The minimum atomic E-state index is 0.438. The van der Waals surface area contributed by atoms with Gasteiger partial charge in [0.1, 0.15) is 0 Å². The molecule has 0 aliphatic carbocycles. The van der Waals surface area contributed by atoms with Crippen LogP contribution in [-0.4, -0.2) is 10.2 Å². The number of aromatic nitrogens is 2. The van der Waals surface area contributed by atoms with E-state index in [0.717, 1.165) is 25.8 Å². The molecule has 0 radical (unpaired) electrons. The van der Waals surface area contributed by atoms with Gasteiger partial charge in [-0.2, -0.15) is 0 Å². The van der Waals surface area contributed by atoms with E-state index in [0.29, 0.717) is 11.0 Å². The van der Waals surface area contributed by atoms with Crippen LogP contribution in [0, 0.1) is 13.8 Å². The van der Waals surface area contributed by atoms with E-state index in [-0.39, 0.29) is 0 Å². The van der Waals surface area contributed by atoms with Crippen molar-refractivity contribution in [1.82, 2.24) is 10.2 Å². The van der Waals surface area contributed by atoms with Gasteiger partial charge in [0.25, 0.3) is 0 Å². The quantitative estimate of drug-likeness (QED) is 0.782. The Bertz CT molecular complexity index is 602. The second kappa shape index (κ2) is 5.55. The molecule has 2 aromatic rings. The summed E-state index contributed by atoms with van der Waals surface area (Å²) in [5, 5.41) is 11.7. The molecule has 0 saturated heterocycles. The maximum atomic E-state index is 5.92. The van der Waals surface area contributed by atoms with Crippen LogP contribution in [0.5, 0.6) is 0 Å². The highest BCUT2D eigenvalue weighted by molar-refractivity contribution is 9.11. The van der Waals surface area contributed by atoms with Gasteiger partial charge in [0.05, 0.1) is 5.69 Å². The Morgan fingerprint density at radius 3 is 2.50 bits per heavy atom. The second-order valence-corrected chi connectivity index (χ2v) is 5.97. The lowest BCUT2D eigenvalue weighted by molar-refractivity contribution is 1.00. The predicted molar refractivity (Wildman–Crippen MR) is 81.6 cm³/mol. The average molecular weight is 391 g/mol. The van der Waals surface area contributed by atoms with Gasteiger partial charge in [-0.05, 0) is 59.1 Å². The van der Waals surface area contributed by atoms with E-state index in [4.69, 9.17) is 11.6 Å². The van der Waals surface area contributed by atoms with Crippen molar-refractivity contribution in [3.8, 4) is 0 Å². The van der Waals surface area contributed by atoms with Crippen LogP contribution < -0.4 is 5.32 Å². The smallest absolute Gasteiger partial charge is 0.156 e. The summed E-state index contributed by atoms with van der Waals surface area (Å²) >= 11 is 12.8. The van der Waals surface area contributed by atoms with Gasteiger partial charge >= 0.3 is 0 Å². The highest BCUT2D eigenvalue weighted by Gasteiger charge is 2.09. The van der Waals surface area contributed by atoms with Crippen LogP contribution in [0.25, 0.3) is 0 Å². The Balaban J connectivity index is 2.37. The molecule has 0 bridgehead atoms. The molecule has 2 rings (SSSR count). The van der Waals surface area contributed by atoms with E-state index in [1.54, 1.807) is 0 Å². The highest BCUT2D eigenvalue weighted by Crippen LogP contribution is 2.30. The number of rotatable bonds is 2. The lowest BCUT2D eigenvalue weighted by Crippen LogP contribution is -2.01. The molecule has 3 nitrogen and oxygen atoms in total. The predicted octanol–water partition coefficient (Wildman–Crippen LogP) is 5.02. The van der Waals surface area contributed by atoms with Gasteiger partial charge in [-0.3, -0.25) is 0 Å². The molecule has 0 atom stereocenters. The first-order chi connectivity index (χ1) is 8.49. The molecule has 94 valence electrons. The minimum Gasteiger partial charge on any atom is -0.338 e. The van der Waals surface area contributed by atoms with E-state index in [9.17, 15) is 0 Å². The zero-order valence-corrected chi connectivity index (χ0v) is 13.7. The molecule has 0 fully saturated rings. The first-order valence-corrected chi connectivity index (χ1v) is 7.17. The largest absolute Gasteiger partial charge is 0.338 e. The molecule has 0 aliphatic rings. The molecule has 1 N–H and O–H groups in total. The third-order valence-electron chi connectivity index (χ3n) is 2.65. The van der Waals surface area contributed by atoms with Crippen molar-refractivity contribution in [3.63, 3.8) is 0 Å². The zero-order chi connectivity index (χ0) is 13.3.